The quantitative estimate of drug-likeness (QED) is 0.326. The molecule has 0 saturated carbocycles. The lowest BCUT2D eigenvalue weighted by Gasteiger charge is -2.16. The van der Waals surface area contributed by atoms with Gasteiger partial charge in [0.15, 0.2) is 11.5 Å². The summed E-state index contributed by atoms with van der Waals surface area (Å²) < 4.78 is 0. The predicted molar refractivity (Wildman–Crippen MR) is 118 cm³/mol. The highest BCUT2D eigenvalue weighted by atomic mass is 32.1. The number of rotatable bonds is 8. The molecular formula is C20H18N8O2S. The summed E-state index contributed by atoms with van der Waals surface area (Å²) in [6.45, 7) is 0. The highest BCUT2D eigenvalue weighted by Gasteiger charge is 2.19. The number of hydrogen-bond acceptors (Lipinski definition) is 9. The summed E-state index contributed by atoms with van der Waals surface area (Å²) in [5.41, 5.74) is 12.9. The lowest BCUT2D eigenvalue weighted by Crippen LogP contribution is -2.37. The molecule has 0 spiro atoms. The molecule has 0 aliphatic carbocycles. The second-order valence-electron chi connectivity index (χ2n) is 6.59. The predicted octanol–water partition coefficient (Wildman–Crippen LogP) is 1.83. The molecule has 4 heterocycles. The summed E-state index contributed by atoms with van der Waals surface area (Å²) in [6, 6.07) is 8.50. The summed E-state index contributed by atoms with van der Waals surface area (Å²) in [6.07, 6.45) is 4.97. The molecule has 4 aromatic rings. The smallest absolute Gasteiger partial charge is 0.271 e. The minimum absolute atomic E-state index is 0.0550. The van der Waals surface area contributed by atoms with Crippen molar-refractivity contribution in [3.63, 3.8) is 0 Å². The first-order valence-electron chi connectivity index (χ1n) is 9.22. The number of nitrogens with zero attached hydrogens (tertiary/aromatic N) is 4. The van der Waals surface area contributed by atoms with Gasteiger partial charge in [-0.25, -0.2) is 9.97 Å². The molecular weight excluding hydrogens is 416 g/mol. The van der Waals surface area contributed by atoms with Crippen molar-refractivity contribution in [1.82, 2.24) is 19.9 Å². The van der Waals surface area contributed by atoms with E-state index in [1.807, 2.05) is 23.6 Å². The number of fused-ring (bicyclic) bond motifs is 1. The second kappa shape index (κ2) is 8.71. The topological polar surface area (TPSA) is 162 Å². The number of nitrogens with two attached hydrogens (primary N) is 2. The fourth-order valence-electron chi connectivity index (χ4n) is 2.92. The van der Waals surface area contributed by atoms with Gasteiger partial charge >= 0.3 is 0 Å². The molecule has 0 aliphatic heterocycles. The normalized spacial score (nSPS) is 11.7. The van der Waals surface area contributed by atoms with Crippen molar-refractivity contribution in [3.8, 4) is 0 Å². The number of aromatic nitrogens is 4. The van der Waals surface area contributed by atoms with Gasteiger partial charge in [0, 0.05) is 17.5 Å². The number of hydrogen-bond donors (Lipinski definition) is 4. The third-order valence-corrected chi connectivity index (χ3v) is 5.27. The molecule has 0 unspecified atom stereocenters. The summed E-state index contributed by atoms with van der Waals surface area (Å²) in [5, 5.41) is 7.90. The Hall–Kier alpha value is -4.12. The number of pyridine rings is 2. The van der Waals surface area contributed by atoms with Crippen LogP contribution in [0.2, 0.25) is 0 Å². The van der Waals surface area contributed by atoms with E-state index in [0.717, 1.165) is 10.4 Å². The van der Waals surface area contributed by atoms with Crippen LogP contribution in [0.5, 0.6) is 0 Å². The van der Waals surface area contributed by atoms with Crippen LogP contribution in [0.4, 0.5) is 17.3 Å². The standard InChI is InChI=1S/C20H18N8O2S/c21-18(29)15(8-12-3-2-6-31-12)27-16-10-25-17(19(22)30)20(28-16)26-11-7-14-13(24-9-11)4-1-5-23-14/h1-7,9-10,15H,8H2,(H2,21,29)(H2,22,30)(H2,26,27,28)/t15-/m1/s1. The summed E-state index contributed by atoms with van der Waals surface area (Å²) in [7, 11) is 0. The fraction of sp³-hybridized carbons (Fsp3) is 0.100. The van der Waals surface area contributed by atoms with Gasteiger partial charge in [0.1, 0.15) is 11.9 Å². The molecule has 0 bridgehead atoms. The van der Waals surface area contributed by atoms with E-state index in [9.17, 15) is 9.59 Å². The first kappa shape index (κ1) is 20.2. The molecule has 4 aromatic heterocycles. The Morgan fingerprint density at radius 1 is 1.06 bits per heavy atom. The van der Waals surface area contributed by atoms with E-state index < -0.39 is 17.9 Å². The van der Waals surface area contributed by atoms with Crippen molar-refractivity contribution in [3.05, 3.63) is 64.9 Å². The maximum absolute atomic E-state index is 11.9. The Morgan fingerprint density at radius 3 is 2.68 bits per heavy atom. The average molecular weight is 434 g/mol. The van der Waals surface area contributed by atoms with Crippen molar-refractivity contribution in [2.75, 3.05) is 10.6 Å². The number of thiophene rings is 1. The van der Waals surface area contributed by atoms with Crippen LogP contribution in [0, 0.1) is 0 Å². The molecule has 1 atom stereocenters. The molecule has 31 heavy (non-hydrogen) atoms. The zero-order valence-corrected chi connectivity index (χ0v) is 17.0. The maximum Gasteiger partial charge on any atom is 0.271 e. The minimum Gasteiger partial charge on any atom is -0.368 e. The van der Waals surface area contributed by atoms with Crippen LogP contribution in [0.1, 0.15) is 15.4 Å². The van der Waals surface area contributed by atoms with Crippen molar-refractivity contribution in [2.24, 2.45) is 11.5 Å². The lowest BCUT2D eigenvalue weighted by molar-refractivity contribution is -0.118. The number of nitrogens with one attached hydrogen (secondary N) is 2. The van der Waals surface area contributed by atoms with Gasteiger partial charge in [-0.05, 0) is 29.6 Å². The SMILES string of the molecule is NC(=O)c1ncc(N[C@H](Cc2cccs2)C(N)=O)nc1Nc1cnc2cccnc2c1. The number of carbonyl (C=O) groups is 2. The van der Waals surface area contributed by atoms with Crippen LogP contribution in [-0.4, -0.2) is 37.8 Å². The molecule has 156 valence electrons. The van der Waals surface area contributed by atoms with E-state index in [2.05, 4.69) is 30.6 Å². The van der Waals surface area contributed by atoms with Gasteiger partial charge in [0.25, 0.3) is 5.91 Å². The minimum atomic E-state index is -0.751. The average Bonchev–Trinajstić information content (AvgIpc) is 3.26. The summed E-state index contributed by atoms with van der Waals surface area (Å²) >= 11 is 1.52. The van der Waals surface area contributed by atoms with Gasteiger partial charge in [0.2, 0.25) is 5.91 Å². The van der Waals surface area contributed by atoms with Crippen LogP contribution in [-0.2, 0) is 11.2 Å². The molecule has 0 radical (unpaired) electrons. The van der Waals surface area contributed by atoms with Crippen LogP contribution < -0.4 is 22.1 Å². The molecule has 0 fully saturated rings. The van der Waals surface area contributed by atoms with E-state index in [-0.39, 0.29) is 17.3 Å². The molecule has 10 nitrogen and oxygen atoms in total. The Labute approximate surface area is 180 Å². The molecule has 0 aromatic carbocycles. The van der Waals surface area contributed by atoms with Gasteiger partial charge in [-0.1, -0.05) is 6.07 Å². The Morgan fingerprint density at radius 2 is 1.94 bits per heavy atom. The molecule has 11 heteroatoms. The van der Waals surface area contributed by atoms with Crippen molar-refractivity contribution in [2.45, 2.75) is 12.5 Å². The van der Waals surface area contributed by atoms with Crippen molar-refractivity contribution < 1.29 is 9.59 Å². The molecule has 2 amide bonds. The molecule has 0 aliphatic rings. The van der Waals surface area contributed by atoms with E-state index in [1.165, 1.54) is 17.5 Å². The van der Waals surface area contributed by atoms with Gasteiger partial charge in [-0.15, -0.1) is 11.3 Å². The number of anilines is 3. The number of primary amides is 2. The zero-order chi connectivity index (χ0) is 21.8. The summed E-state index contributed by atoms with van der Waals surface area (Å²) in [5.74, 6) is -0.902. The maximum atomic E-state index is 11.9. The van der Waals surface area contributed by atoms with Gasteiger partial charge < -0.3 is 22.1 Å². The van der Waals surface area contributed by atoms with Crippen LogP contribution >= 0.6 is 11.3 Å². The van der Waals surface area contributed by atoms with E-state index in [4.69, 9.17) is 11.5 Å². The van der Waals surface area contributed by atoms with Gasteiger partial charge in [-0.3, -0.25) is 19.6 Å². The molecule has 4 rings (SSSR count). The number of amides is 2. The van der Waals surface area contributed by atoms with E-state index in [0.29, 0.717) is 17.6 Å². The highest BCUT2D eigenvalue weighted by molar-refractivity contribution is 7.09. The Bertz CT molecular complexity index is 1250. The largest absolute Gasteiger partial charge is 0.368 e. The van der Waals surface area contributed by atoms with Gasteiger partial charge in [-0.2, -0.15) is 0 Å². The molecule has 0 saturated heterocycles. The third-order valence-electron chi connectivity index (χ3n) is 4.37. The number of carbonyl (C=O) groups excluding carboxylic acids is 2. The first-order valence-corrected chi connectivity index (χ1v) is 10.1. The first-order chi connectivity index (χ1) is 15.0. The van der Waals surface area contributed by atoms with E-state index >= 15 is 0 Å². The second-order valence-corrected chi connectivity index (χ2v) is 7.62. The fourth-order valence-corrected chi connectivity index (χ4v) is 3.67. The molecule has 6 N–H and O–H groups in total. The third kappa shape index (κ3) is 4.73. The monoisotopic (exact) mass is 434 g/mol. The Balaban J connectivity index is 1.62. The van der Waals surface area contributed by atoms with Crippen LogP contribution in [0.15, 0.2) is 54.3 Å². The summed E-state index contributed by atoms with van der Waals surface area (Å²) in [4.78, 5) is 41.8. The van der Waals surface area contributed by atoms with Crippen molar-refractivity contribution in [1.29, 1.82) is 0 Å². The Kier molecular flexibility index (Phi) is 5.67. The highest BCUT2D eigenvalue weighted by Crippen LogP contribution is 2.22. The zero-order valence-electron chi connectivity index (χ0n) is 16.1. The van der Waals surface area contributed by atoms with Gasteiger partial charge in [0.05, 0.1) is 29.1 Å². The van der Waals surface area contributed by atoms with Crippen molar-refractivity contribution >= 4 is 51.5 Å². The van der Waals surface area contributed by atoms with Crippen LogP contribution in [0.25, 0.3) is 11.0 Å². The lowest BCUT2D eigenvalue weighted by atomic mass is 10.1. The van der Waals surface area contributed by atoms with E-state index in [1.54, 1.807) is 24.5 Å². The van der Waals surface area contributed by atoms with Crippen LogP contribution in [0.3, 0.4) is 0 Å².